The molecule has 1 saturated heterocycles. The SMILES string of the molecule is Cc1ccccc1Sc1ccc(S(=O)(=O)N(CCN2CCOCC2)[C@@H](C(=O)O)C(C)C)cc1. The summed E-state index contributed by atoms with van der Waals surface area (Å²) >= 11 is 1.57. The molecule has 0 spiro atoms. The minimum atomic E-state index is -4.00. The third-order valence-electron chi connectivity index (χ3n) is 5.69. The molecule has 9 heteroatoms. The van der Waals surface area contributed by atoms with Crippen molar-refractivity contribution in [2.75, 3.05) is 39.4 Å². The van der Waals surface area contributed by atoms with E-state index in [1.807, 2.05) is 31.2 Å². The smallest absolute Gasteiger partial charge is 0.322 e. The lowest BCUT2D eigenvalue weighted by molar-refractivity contribution is -0.143. The molecule has 1 heterocycles. The lowest BCUT2D eigenvalue weighted by atomic mass is 10.0. The van der Waals surface area contributed by atoms with Gasteiger partial charge < -0.3 is 9.84 Å². The molecule has 0 bridgehead atoms. The van der Waals surface area contributed by atoms with Crippen molar-refractivity contribution in [3.8, 4) is 0 Å². The maximum Gasteiger partial charge on any atom is 0.322 e. The van der Waals surface area contributed by atoms with E-state index in [4.69, 9.17) is 4.74 Å². The van der Waals surface area contributed by atoms with E-state index in [2.05, 4.69) is 4.90 Å². The molecule has 0 amide bonds. The zero-order chi connectivity index (χ0) is 24.0. The van der Waals surface area contributed by atoms with Crippen LogP contribution in [0.4, 0.5) is 0 Å². The van der Waals surface area contributed by atoms with E-state index in [0.717, 1.165) is 19.7 Å². The number of carboxylic acid groups (broad SMARTS) is 1. The molecule has 180 valence electrons. The fourth-order valence-corrected chi connectivity index (χ4v) is 6.43. The van der Waals surface area contributed by atoms with Gasteiger partial charge in [-0.05, 0) is 48.7 Å². The molecule has 0 unspecified atom stereocenters. The third kappa shape index (κ3) is 6.58. The summed E-state index contributed by atoms with van der Waals surface area (Å²) in [5, 5.41) is 9.85. The zero-order valence-corrected chi connectivity index (χ0v) is 20.9. The Hall–Kier alpha value is -1.91. The molecule has 1 fully saturated rings. The van der Waals surface area contributed by atoms with Crippen molar-refractivity contribution in [2.24, 2.45) is 5.92 Å². The van der Waals surface area contributed by atoms with Crippen LogP contribution in [0, 0.1) is 12.8 Å². The second-order valence-electron chi connectivity index (χ2n) is 8.44. The Balaban J connectivity index is 1.84. The number of rotatable bonds is 10. The van der Waals surface area contributed by atoms with Crippen LogP contribution in [-0.2, 0) is 19.6 Å². The summed E-state index contributed by atoms with van der Waals surface area (Å²) in [6.45, 7) is 8.67. The van der Waals surface area contributed by atoms with Crippen LogP contribution in [0.1, 0.15) is 19.4 Å². The summed E-state index contributed by atoms with van der Waals surface area (Å²) in [5.41, 5.74) is 1.15. The molecular weight excluding hydrogens is 460 g/mol. The number of nitrogens with zero attached hydrogens (tertiary/aromatic N) is 2. The largest absolute Gasteiger partial charge is 0.480 e. The molecule has 33 heavy (non-hydrogen) atoms. The van der Waals surface area contributed by atoms with Crippen molar-refractivity contribution >= 4 is 27.8 Å². The van der Waals surface area contributed by atoms with Crippen LogP contribution >= 0.6 is 11.8 Å². The average Bonchev–Trinajstić information content (AvgIpc) is 2.78. The van der Waals surface area contributed by atoms with Gasteiger partial charge in [-0.25, -0.2) is 8.42 Å². The van der Waals surface area contributed by atoms with E-state index in [9.17, 15) is 18.3 Å². The van der Waals surface area contributed by atoms with E-state index in [-0.39, 0.29) is 17.4 Å². The van der Waals surface area contributed by atoms with E-state index in [1.54, 1.807) is 49.9 Å². The first-order chi connectivity index (χ1) is 15.7. The van der Waals surface area contributed by atoms with Gasteiger partial charge >= 0.3 is 5.97 Å². The number of morpholine rings is 1. The van der Waals surface area contributed by atoms with Gasteiger partial charge in [-0.1, -0.05) is 43.8 Å². The van der Waals surface area contributed by atoms with Crippen molar-refractivity contribution in [1.29, 1.82) is 0 Å². The van der Waals surface area contributed by atoms with Crippen LogP contribution in [0.25, 0.3) is 0 Å². The van der Waals surface area contributed by atoms with Crippen molar-refractivity contribution < 1.29 is 23.1 Å². The second kappa shape index (κ2) is 11.5. The van der Waals surface area contributed by atoms with E-state index in [0.29, 0.717) is 32.8 Å². The first-order valence-corrected chi connectivity index (χ1v) is 13.3. The molecule has 1 aliphatic heterocycles. The normalized spacial score (nSPS) is 16.3. The molecule has 7 nitrogen and oxygen atoms in total. The summed E-state index contributed by atoms with van der Waals surface area (Å²) in [6.07, 6.45) is 0. The molecule has 1 N–H and O–H groups in total. The third-order valence-corrected chi connectivity index (χ3v) is 8.77. The number of sulfonamides is 1. The molecular formula is C24H32N2O5S2. The molecule has 0 aromatic heterocycles. The Morgan fingerprint density at radius 1 is 1.12 bits per heavy atom. The number of ether oxygens (including phenoxy) is 1. The summed E-state index contributed by atoms with van der Waals surface area (Å²) < 4.78 is 33.7. The van der Waals surface area contributed by atoms with E-state index in [1.165, 1.54) is 0 Å². The number of aliphatic carboxylic acids is 1. The average molecular weight is 493 g/mol. The maximum absolute atomic E-state index is 13.6. The van der Waals surface area contributed by atoms with Gasteiger partial charge in [0.25, 0.3) is 0 Å². The van der Waals surface area contributed by atoms with Crippen LogP contribution in [0.3, 0.4) is 0 Å². The molecule has 2 aromatic rings. The van der Waals surface area contributed by atoms with Gasteiger partial charge in [0.15, 0.2) is 0 Å². The second-order valence-corrected chi connectivity index (χ2v) is 11.4. The Labute approximate surface area is 200 Å². The highest BCUT2D eigenvalue weighted by atomic mass is 32.2. The first-order valence-electron chi connectivity index (χ1n) is 11.1. The quantitative estimate of drug-likeness (QED) is 0.542. The van der Waals surface area contributed by atoms with Gasteiger partial charge in [0.05, 0.1) is 18.1 Å². The number of hydrogen-bond acceptors (Lipinski definition) is 6. The van der Waals surface area contributed by atoms with Crippen LogP contribution in [0.2, 0.25) is 0 Å². The van der Waals surface area contributed by atoms with Crippen molar-refractivity contribution in [2.45, 2.75) is 41.5 Å². The van der Waals surface area contributed by atoms with Gasteiger partial charge in [0.1, 0.15) is 6.04 Å². The molecule has 0 radical (unpaired) electrons. The Bertz CT molecular complexity index is 1040. The highest BCUT2D eigenvalue weighted by molar-refractivity contribution is 7.99. The summed E-state index contributed by atoms with van der Waals surface area (Å²) in [7, 11) is -4.00. The van der Waals surface area contributed by atoms with Gasteiger partial charge in [-0.15, -0.1) is 0 Å². The van der Waals surface area contributed by atoms with Crippen molar-refractivity contribution in [3.63, 3.8) is 0 Å². The summed E-state index contributed by atoms with van der Waals surface area (Å²) in [4.78, 5) is 16.3. The van der Waals surface area contributed by atoms with E-state index >= 15 is 0 Å². The van der Waals surface area contributed by atoms with Crippen LogP contribution in [0.15, 0.2) is 63.2 Å². The summed E-state index contributed by atoms with van der Waals surface area (Å²) in [6, 6.07) is 13.5. The van der Waals surface area contributed by atoms with Gasteiger partial charge in [0, 0.05) is 36.0 Å². The number of carboxylic acids is 1. The molecule has 1 atom stereocenters. The van der Waals surface area contributed by atoms with Gasteiger partial charge in [-0.2, -0.15) is 4.31 Å². The topological polar surface area (TPSA) is 87.2 Å². The fourth-order valence-electron chi connectivity index (χ4n) is 3.83. The molecule has 0 saturated carbocycles. The van der Waals surface area contributed by atoms with Crippen LogP contribution < -0.4 is 0 Å². The fraction of sp³-hybridized carbons (Fsp3) is 0.458. The molecule has 1 aliphatic rings. The predicted molar refractivity (Wildman–Crippen MR) is 129 cm³/mol. The van der Waals surface area contributed by atoms with Gasteiger partial charge in [-0.3, -0.25) is 9.69 Å². The number of hydrogen-bond donors (Lipinski definition) is 1. The highest BCUT2D eigenvalue weighted by Gasteiger charge is 2.38. The Kier molecular flexibility index (Phi) is 8.95. The Morgan fingerprint density at radius 2 is 1.76 bits per heavy atom. The monoisotopic (exact) mass is 492 g/mol. The minimum Gasteiger partial charge on any atom is -0.480 e. The maximum atomic E-state index is 13.6. The predicted octanol–water partition coefficient (Wildman–Crippen LogP) is 3.58. The molecule has 0 aliphatic carbocycles. The lowest BCUT2D eigenvalue weighted by Crippen LogP contribution is -2.51. The molecule has 3 rings (SSSR count). The number of aryl methyl sites for hydroxylation is 1. The first kappa shape index (κ1) is 25.7. The number of carbonyl (C=O) groups is 1. The van der Waals surface area contributed by atoms with Gasteiger partial charge in [0.2, 0.25) is 10.0 Å². The highest BCUT2D eigenvalue weighted by Crippen LogP contribution is 2.31. The Morgan fingerprint density at radius 3 is 2.33 bits per heavy atom. The van der Waals surface area contributed by atoms with Crippen molar-refractivity contribution in [3.05, 3.63) is 54.1 Å². The zero-order valence-electron chi connectivity index (χ0n) is 19.3. The van der Waals surface area contributed by atoms with Crippen molar-refractivity contribution in [1.82, 2.24) is 9.21 Å². The summed E-state index contributed by atoms with van der Waals surface area (Å²) in [5.74, 6) is -1.51. The van der Waals surface area contributed by atoms with Crippen LogP contribution in [-0.4, -0.2) is 74.1 Å². The standard InChI is InChI=1S/C24H32N2O5S2/c1-18(2)23(24(27)28)26(13-12-25-14-16-31-17-15-25)33(29,30)21-10-8-20(9-11-21)32-22-7-5-4-6-19(22)3/h4-11,18,23H,12-17H2,1-3H3,(H,27,28)/t23-/m1/s1. The minimum absolute atomic E-state index is 0.102. The number of benzene rings is 2. The van der Waals surface area contributed by atoms with E-state index < -0.39 is 22.0 Å². The van der Waals surface area contributed by atoms with Crippen LogP contribution in [0.5, 0.6) is 0 Å². The molecule has 2 aromatic carbocycles. The lowest BCUT2D eigenvalue weighted by Gasteiger charge is -2.33.